The van der Waals surface area contributed by atoms with Crippen LogP contribution in [0.3, 0.4) is 0 Å². The molecule has 0 bridgehead atoms. The Hall–Kier alpha value is -2.47. The van der Waals surface area contributed by atoms with E-state index in [1.807, 2.05) is 26.0 Å². The number of nitrogens with zero attached hydrogens (tertiary/aromatic N) is 1. The fourth-order valence-electron chi connectivity index (χ4n) is 3.11. The summed E-state index contributed by atoms with van der Waals surface area (Å²) >= 11 is 1.72. The first-order valence-corrected chi connectivity index (χ1v) is 11.0. The average Bonchev–Trinajstić information content (AvgIpc) is 3.16. The third-order valence-electron chi connectivity index (χ3n) is 5.74. The molecule has 3 aromatic carbocycles. The van der Waals surface area contributed by atoms with E-state index in [1.165, 1.54) is 4.70 Å². The summed E-state index contributed by atoms with van der Waals surface area (Å²) in [5.74, 6) is 0. The molecule has 0 spiro atoms. The number of hydrogen-bond acceptors (Lipinski definition) is 4. The monoisotopic (exact) mass is 415 g/mol. The maximum absolute atomic E-state index is 10.3. The molecule has 0 saturated heterocycles. The largest absolute Gasteiger partial charge is 0.427 e. The highest BCUT2D eigenvalue weighted by Gasteiger charge is 2.35. The molecule has 0 atom stereocenters. The quantitative estimate of drug-likeness (QED) is 0.442. The van der Waals surface area contributed by atoms with E-state index in [-0.39, 0.29) is 0 Å². The van der Waals surface area contributed by atoms with Crippen LogP contribution >= 0.6 is 11.3 Å². The number of aromatic nitrogens is 1. The lowest BCUT2D eigenvalue weighted by molar-refractivity contribution is -0.0893. The lowest BCUT2D eigenvalue weighted by Gasteiger charge is -2.37. The molecule has 3 nitrogen and oxygen atoms in total. The third-order valence-corrected chi connectivity index (χ3v) is 6.82. The minimum atomic E-state index is -0.920. The van der Waals surface area contributed by atoms with Gasteiger partial charge in [0.1, 0.15) is 5.01 Å². The molecule has 0 saturated carbocycles. The van der Waals surface area contributed by atoms with Crippen LogP contribution in [0.25, 0.3) is 31.9 Å². The zero-order valence-corrected chi connectivity index (χ0v) is 18.7. The van der Waals surface area contributed by atoms with Gasteiger partial charge in [0.15, 0.2) is 0 Å². The van der Waals surface area contributed by atoms with E-state index in [0.29, 0.717) is 7.48 Å². The Morgan fingerprint density at radius 2 is 1.50 bits per heavy atom. The summed E-state index contributed by atoms with van der Waals surface area (Å²) in [7, 11) is 0.447. The van der Waals surface area contributed by atoms with Gasteiger partial charge in [0.05, 0.1) is 21.4 Å². The zero-order valence-electron chi connectivity index (χ0n) is 17.8. The van der Waals surface area contributed by atoms with E-state index < -0.39 is 11.2 Å². The molecular formula is C25H26BNO2S. The van der Waals surface area contributed by atoms with Gasteiger partial charge in [-0.3, -0.25) is 0 Å². The molecule has 0 amide bonds. The Labute approximate surface area is 182 Å². The fraction of sp³-hybridized carbons (Fsp3) is 0.240. The van der Waals surface area contributed by atoms with Gasteiger partial charge < -0.3 is 9.76 Å². The number of benzene rings is 3. The number of rotatable bonds is 6. The van der Waals surface area contributed by atoms with Crippen LogP contribution in [0, 0.1) is 0 Å². The molecule has 0 unspecified atom stereocenters. The highest BCUT2D eigenvalue weighted by atomic mass is 32.1. The van der Waals surface area contributed by atoms with Crippen molar-refractivity contribution in [2.75, 3.05) is 0 Å². The molecule has 0 radical (unpaired) electrons. The van der Waals surface area contributed by atoms with Crippen LogP contribution in [0.15, 0.2) is 72.8 Å². The highest BCUT2D eigenvalue weighted by molar-refractivity contribution is 7.21. The molecule has 1 N–H and O–H groups in total. The van der Waals surface area contributed by atoms with Crippen LogP contribution in [0.1, 0.15) is 27.7 Å². The van der Waals surface area contributed by atoms with Crippen molar-refractivity contribution >= 4 is 34.5 Å². The standard InChI is InChI=1S/C25H26BNO2S/c1-24(2,28)25(3,4)29-26-20-12-8-10-18(16-20)17-9-7-11-19(15-17)23-27-21-13-5-6-14-22(21)30-23/h5-16,26,28H,1-4H3. The molecule has 1 heterocycles. The first kappa shape index (κ1) is 20.8. The first-order valence-electron chi connectivity index (χ1n) is 10.1. The van der Waals surface area contributed by atoms with Gasteiger partial charge in [0.25, 0.3) is 0 Å². The van der Waals surface area contributed by atoms with Crippen molar-refractivity contribution in [2.45, 2.75) is 38.9 Å². The van der Waals surface area contributed by atoms with Crippen molar-refractivity contribution in [1.82, 2.24) is 4.98 Å². The molecular weight excluding hydrogens is 389 g/mol. The summed E-state index contributed by atoms with van der Waals surface area (Å²) in [6.45, 7) is 7.38. The van der Waals surface area contributed by atoms with E-state index in [2.05, 4.69) is 60.7 Å². The lowest BCUT2D eigenvalue weighted by Crippen LogP contribution is -2.49. The van der Waals surface area contributed by atoms with E-state index in [0.717, 1.165) is 32.7 Å². The van der Waals surface area contributed by atoms with Gasteiger partial charge >= 0.3 is 7.48 Å². The average molecular weight is 415 g/mol. The summed E-state index contributed by atoms with van der Waals surface area (Å²) in [6, 6.07) is 25.1. The maximum Gasteiger partial charge on any atom is 0.309 e. The van der Waals surface area contributed by atoms with Crippen molar-refractivity contribution in [3.63, 3.8) is 0 Å². The smallest absolute Gasteiger partial charge is 0.309 e. The Kier molecular flexibility index (Phi) is 5.54. The van der Waals surface area contributed by atoms with Crippen molar-refractivity contribution in [1.29, 1.82) is 0 Å². The molecule has 0 fully saturated rings. The van der Waals surface area contributed by atoms with Gasteiger partial charge in [-0.25, -0.2) is 4.98 Å². The summed E-state index contributed by atoms with van der Waals surface area (Å²) < 4.78 is 7.24. The molecule has 5 heteroatoms. The van der Waals surface area contributed by atoms with Gasteiger partial charge in [-0.2, -0.15) is 0 Å². The summed E-state index contributed by atoms with van der Waals surface area (Å²) in [5, 5.41) is 11.3. The first-order chi connectivity index (χ1) is 14.2. The Balaban J connectivity index is 1.59. The van der Waals surface area contributed by atoms with Crippen molar-refractivity contribution in [2.24, 2.45) is 0 Å². The SMILES string of the molecule is CC(C)(O)C(C)(C)OBc1cccc(-c2cccc(-c3nc4ccccc4s3)c2)c1. The second kappa shape index (κ2) is 7.99. The van der Waals surface area contributed by atoms with E-state index in [9.17, 15) is 5.11 Å². The van der Waals surface area contributed by atoms with Crippen LogP contribution in [0.5, 0.6) is 0 Å². The number of thiazole rings is 1. The molecule has 0 aliphatic rings. The van der Waals surface area contributed by atoms with Gasteiger partial charge in [0.2, 0.25) is 0 Å². The fourth-order valence-corrected chi connectivity index (χ4v) is 4.07. The minimum absolute atomic E-state index is 0.447. The number of hydrogen-bond donors (Lipinski definition) is 1. The summed E-state index contributed by atoms with van der Waals surface area (Å²) in [4.78, 5) is 4.79. The number of aliphatic hydroxyl groups is 1. The number of fused-ring (bicyclic) bond motifs is 1. The van der Waals surface area contributed by atoms with E-state index in [1.54, 1.807) is 25.2 Å². The van der Waals surface area contributed by atoms with Gasteiger partial charge in [-0.15, -0.1) is 11.3 Å². The zero-order chi connectivity index (χ0) is 21.4. The predicted octanol–water partition coefficient (Wildman–Crippen LogP) is 5.17. The van der Waals surface area contributed by atoms with Crippen LogP contribution < -0.4 is 5.46 Å². The summed E-state index contributed by atoms with van der Waals surface area (Å²) in [5.41, 5.74) is 3.96. The predicted molar refractivity (Wildman–Crippen MR) is 129 cm³/mol. The molecule has 0 aliphatic heterocycles. The van der Waals surface area contributed by atoms with Crippen molar-refractivity contribution < 1.29 is 9.76 Å². The van der Waals surface area contributed by atoms with Gasteiger partial charge in [0, 0.05) is 5.56 Å². The lowest BCUT2D eigenvalue weighted by atomic mass is 9.81. The van der Waals surface area contributed by atoms with Crippen LogP contribution in [0.2, 0.25) is 0 Å². The Morgan fingerprint density at radius 3 is 2.23 bits per heavy atom. The van der Waals surface area contributed by atoms with Crippen LogP contribution in [-0.4, -0.2) is 28.8 Å². The van der Waals surface area contributed by atoms with Crippen LogP contribution in [-0.2, 0) is 4.65 Å². The van der Waals surface area contributed by atoms with Gasteiger partial charge in [-0.05, 0) is 57.0 Å². The highest BCUT2D eigenvalue weighted by Crippen LogP contribution is 2.32. The third kappa shape index (κ3) is 4.34. The van der Waals surface area contributed by atoms with Crippen LogP contribution in [0.4, 0.5) is 0 Å². The molecule has 4 aromatic rings. The van der Waals surface area contributed by atoms with Crippen molar-refractivity contribution in [3.05, 3.63) is 72.8 Å². The molecule has 0 aliphatic carbocycles. The minimum Gasteiger partial charge on any atom is -0.427 e. The molecule has 152 valence electrons. The second-order valence-corrected chi connectivity index (χ2v) is 9.66. The number of para-hydroxylation sites is 1. The Morgan fingerprint density at radius 1 is 0.833 bits per heavy atom. The van der Waals surface area contributed by atoms with Crippen molar-refractivity contribution in [3.8, 4) is 21.7 Å². The van der Waals surface area contributed by atoms with E-state index >= 15 is 0 Å². The summed E-state index contributed by atoms with van der Waals surface area (Å²) in [6.07, 6.45) is 0. The van der Waals surface area contributed by atoms with E-state index in [4.69, 9.17) is 9.64 Å². The topological polar surface area (TPSA) is 42.4 Å². The Bertz CT molecular complexity index is 1140. The maximum atomic E-state index is 10.3. The van der Waals surface area contributed by atoms with Gasteiger partial charge in [-0.1, -0.05) is 60.1 Å². The second-order valence-electron chi connectivity index (χ2n) is 8.63. The molecule has 1 aromatic heterocycles. The molecule has 30 heavy (non-hydrogen) atoms. The molecule has 4 rings (SSSR count). The normalized spacial score (nSPS) is 12.3.